The van der Waals surface area contributed by atoms with Gasteiger partial charge in [0, 0.05) is 36.7 Å². The number of ketones is 1. The highest BCUT2D eigenvalue weighted by molar-refractivity contribution is 6.34. The Labute approximate surface area is 174 Å². The molecule has 8 heteroatoms. The van der Waals surface area contributed by atoms with Crippen molar-refractivity contribution in [2.75, 3.05) is 30.4 Å². The molecule has 29 heavy (non-hydrogen) atoms. The molecule has 2 N–H and O–H groups in total. The maximum Gasteiger partial charge on any atom is 0.322 e. The third-order valence-corrected chi connectivity index (χ3v) is 5.03. The summed E-state index contributed by atoms with van der Waals surface area (Å²) in [7, 11) is 1.56. The summed E-state index contributed by atoms with van der Waals surface area (Å²) in [6.07, 6.45) is 0.0765. The second kappa shape index (κ2) is 8.96. The van der Waals surface area contributed by atoms with Crippen molar-refractivity contribution in [3.8, 4) is 5.75 Å². The molecule has 2 aromatic carbocycles. The number of nitrogens with zero attached hydrogens (tertiary/aromatic N) is 1. The largest absolute Gasteiger partial charge is 0.497 e. The van der Waals surface area contributed by atoms with Gasteiger partial charge in [0.25, 0.3) is 0 Å². The molecule has 3 rings (SSSR count). The van der Waals surface area contributed by atoms with Gasteiger partial charge in [-0.3, -0.25) is 14.5 Å². The summed E-state index contributed by atoms with van der Waals surface area (Å²) >= 11 is 6.21. The zero-order valence-corrected chi connectivity index (χ0v) is 17.0. The minimum absolute atomic E-state index is 0.0765. The SMILES string of the molecule is COc1ccc(C(=O)CC(C)C(=O)Nc2ccc(Cl)c(N3CCNC3=O)c2)cc1. The van der Waals surface area contributed by atoms with Gasteiger partial charge in [0.05, 0.1) is 17.8 Å². The van der Waals surface area contributed by atoms with Crippen LogP contribution in [0.2, 0.25) is 5.02 Å². The number of halogens is 1. The standard InChI is InChI=1S/C21H22ClN3O4/c1-13(11-19(26)14-3-6-16(29-2)7-4-14)20(27)24-15-5-8-17(22)18(12-15)25-10-9-23-21(25)28/h3-8,12-13H,9-11H2,1-2H3,(H,23,28)(H,24,27). The van der Waals surface area contributed by atoms with Crippen LogP contribution in [-0.2, 0) is 4.79 Å². The number of rotatable bonds is 7. The van der Waals surface area contributed by atoms with Gasteiger partial charge in [-0.15, -0.1) is 0 Å². The number of methoxy groups -OCH3 is 1. The number of anilines is 2. The molecule has 1 aliphatic rings. The number of nitrogens with one attached hydrogen (secondary N) is 2. The zero-order valence-electron chi connectivity index (χ0n) is 16.2. The van der Waals surface area contributed by atoms with Crippen molar-refractivity contribution in [3.63, 3.8) is 0 Å². The Balaban J connectivity index is 1.64. The molecule has 0 aliphatic carbocycles. The Hall–Kier alpha value is -3.06. The lowest BCUT2D eigenvalue weighted by Crippen LogP contribution is -2.28. The molecule has 1 aliphatic heterocycles. The second-order valence-corrected chi connectivity index (χ2v) is 7.20. The van der Waals surface area contributed by atoms with Crippen molar-refractivity contribution >= 4 is 40.7 Å². The van der Waals surface area contributed by atoms with Crippen LogP contribution >= 0.6 is 11.6 Å². The lowest BCUT2D eigenvalue weighted by Gasteiger charge is -2.18. The molecule has 1 saturated heterocycles. The molecule has 1 heterocycles. The molecule has 1 fully saturated rings. The van der Waals surface area contributed by atoms with Crippen LogP contribution < -0.4 is 20.3 Å². The Bertz CT molecular complexity index is 930. The van der Waals surface area contributed by atoms with E-state index in [9.17, 15) is 14.4 Å². The van der Waals surface area contributed by atoms with Crippen LogP contribution in [0, 0.1) is 5.92 Å². The molecule has 3 amide bonds. The molecule has 2 aromatic rings. The van der Waals surface area contributed by atoms with Gasteiger partial charge in [-0.25, -0.2) is 4.79 Å². The molecule has 0 saturated carbocycles. The van der Waals surface area contributed by atoms with E-state index in [1.807, 2.05) is 0 Å². The lowest BCUT2D eigenvalue weighted by molar-refractivity contribution is -0.119. The van der Waals surface area contributed by atoms with E-state index in [2.05, 4.69) is 10.6 Å². The van der Waals surface area contributed by atoms with Gasteiger partial charge < -0.3 is 15.4 Å². The molecular weight excluding hydrogens is 394 g/mol. The molecule has 0 bridgehead atoms. The van der Waals surface area contributed by atoms with Gasteiger partial charge >= 0.3 is 6.03 Å². The number of Topliss-reactive ketones (excluding diaryl/α,β-unsaturated/α-hetero) is 1. The Kier molecular flexibility index (Phi) is 6.39. The third-order valence-electron chi connectivity index (χ3n) is 4.71. The van der Waals surface area contributed by atoms with Crippen LogP contribution in [0.15, 0.2) is 42.5 Å². The number of amides is 3. The van der Waals surface area contributed by atoms with Gasteiger partial charge in [0.15, 0.2) is 5.78 Å². The second-order valence-electron chi connectivity index (χ2n) is 6.80. The van der Waals surface area contributed by atoms with E-state index in [-0.39, 0.29) is 24.1 Å². The first-order valence-corrected chi connectivity index (χ1v) is 9.60. The third kappa shape index (κ3) is 4.86. The number of hydrogen-bond donors (Lipinski definition) is 2. The van der Waals surface area contributed by atoms with E-state index in [0.717, 1.165) is 0 Å². The van der Waals surface area contributed by atoms with Crippen LogP contribution in [0.4, 0.5) is 16.2 Å². The molecule has 152 valence electrons. The highest BCUT2D eigenvalue weighted by atomic mass is 35.5. The molecular formula is C21H22ClN3O4. The van der Waals surface area contributed by atoms with E-state index < -0.39 is 5.92 Å². The Morgan fingerprint density at radius 2 is 1.97 bits per heavy atom. The normalized spacial score (nSPS) is 14.3. The summed E-state index contributed by atoms with van der Waals surface area (Å²) in [5, 5.41) is 5.93. The first kappa shape index (κ1) is 20.7. The van der Waals surface area contributed by atoms with E-state index in [1.54, 1.807) is 56.5 Å². The summed E-state index contributed by atoms with van der Waals surface area (Å²) in [5.74, 6) is -0.275. The fourth-order valence-corrected chi connectivity index (χ4v) is 3.25. The van der Waals surface area contributed by atoms with Crippen molar-refractivity contribution < 1.29 is 19.1 Å². The lowest BCUT2D eigenvalue weighted by atomic mass is 9.99. The van der Waals surface area contributed by atoms with Crippen LogP contribution in [0.25, 0.3) is 0 Å². The van der Waals surface area contributed by atoms with Crippen molar-refractivity contribution in [2.45, 2.75) is 13.3 Å². The monoisotopic (exact) mass is 415 g/mol. The molecule has 0 radical (unpaired) electrons. The minimum atomic E-state index is -0.529. The van der Waals surface area contributed by atoms with Crippen molar-refractivity contribution in [2.24, 2.45) is 5.92 Å². The number of hydrogen-bond acceptors (Lipinski definition) is 4. The maximum atomic E-state index is 12.6. The van der Waals surface area contributed by atoms with Crippen LogP contribution in [0.1, 0.15) is 23.7 Å². The van der Waals surface area contributed by atoms with Crippen molar-refractivity contribution in [1.29, 1.82) is 0 Å². The van der Waals surface area contributed by atoms with Gasteiger partial charge in [-0.1, -0.05) is 18.5 Å². The highest BCUT2D eigenvalue weighted by Crippen LogP contribution is 2.30. The fourth-order valence-electron chi connectivity index (χ4n) is 3.03. The number of carbonyl (C=O) groups is 3. The van der Waals surface area contributed by atoms with Crippen molar-refractivity contribution in [3.05, 3.63) is 53.1 Å². The Morgan fingerprint density at radius 3 is 2.59 bits per heavy atom. The van der Waals surface area contributed by atoms with Gasteiger partial charge in [0.2, 0.25) is 5.91 Å². The van der Waals surface area contributed by atoms with Gasteiger partial charge in [0.1, 0.15) is 5.75 Å². The smallest absolute Gasteiger partial charge is 0.322 e. The van der Waals surface area contributed by atoms with Gasteiger partial charge in [-0.05, 0) is 42.5 Å². The predicted molar refractivity (Wildman–Crippen MR) is 112 cm³/mol. The van der Waals surface area contributed by atoms with Crippen LogP contribution in [-0.4, -0.2) is 37.9 Å². The van der Waals surface area contributed by atoms with Crippen LogP contribution in [0.3, 0.4) is 0 Å². The first-order chi connectivity index (χ1) is 13.9. The number of ether oxygens (including phenoxy) is 1. The van der Waals surface area contributed by atoms with E-state index in [0.29, 0.717) is 40.8 Å². The average Bonchev–Trinajstić information content (AvgIpc) is 3.15. The number of carbonyl (C=O) groups excluding carboxylic acids is 3. The average molecular weight is 416 g/mol. The quantitative estimate of drug-likeness (QED) is 0.674. The first-order valence-electron chi connectivity index (χ1n) is 9.22. The summed E-state index contributed by atoms with van der Waals surface area (Å²) in [5.41, 5.74) is 1.57. The highest BCUT2D eigenvalue weighted by Gasteiger charge is 2.24. The Morgan fingerprint density at radius 1 is 1.24 bits per heavy atom. The molecule has 0 spiro atoms. The van der Waals surface area contributed by atoms with E-state index in [4.69, 9.17) is 16.3 Å². The zero-order chi connectivity index (χ0) is 21.0. The molecule has 7 nitrogen and oxygen atoms in total. The van der Waals surface area contributed by atoms with E-state index >= 15 is 0 Å². The predicted octanol–water partition coefficient (Wildman–Crippen LogP) is 3.73. The van der Waals surface area contributed by atoms with Crippen LogP contribution in [0.5, 0.6) is 5.75 Å². The summed E-state index contributed by atoms with van der Waals surface area (Å²) in [6, 6.07) is 11.5. The molecule has 1 atom stereocenters. The summed E-state index contributed by atoms with van der Waals surface area (Å²) in [6.45, 7) is 2.74. The summed E-state index contributed by atoms with van der Waals surface area (Å²) in [4.78, 5) is 38.4. The van der Waals surface area contributed by atoms with E-state index in [1.165, 1.54) is 4.90 Å². The molecule has 1 unspecified atom stereocenters. The van der Waals surface area contributed by atoms with Gasteiger partial charge in [-0.2, -0.15) is 0 Å². The number of urea groups is 1. The minimum Gasteiger partial charge on any atom is -0.497 e. The van der Waals surface area contributed by atoms with Crippen molar-refractivity contribution in [1.82, 2.24) is 5.32 Å². The molecule has 0 aromatic heterocycles. The topological polar surface area (TPSA) is 87.7 Å². The number of benzene rings is 2. The summed E-state index contributed by atoms with van der Waals surface area (Å²) < 4.78 is 5.08. The maximum absolute atomic E-state index is 12.6. The fraction of sp³-hybridized carbons (Fsp3) is 0.286.